The maximum absolute atomic E-state index is 11.6. The normalized spacial score (nSPS) is 49.2. The van der Waals surface area contributed by atoms with Crippen molar-refractivity contribution < 1.29 is 9.84 Å². The van der Waals surface area contributed by atoms with E-state index < -0.39 is 6.10 Å². The summed E-state index contributed by atoms with van der Waals surface area (Å²) in [5.41, 5.74) is 0. The van der Waals surface area contributed by atoms with Crippen LogP contribution in [-0.2, 0) is 4.74 Å². The standard InChI is InChI=1S/C10H19O2/c1-5-9-6(2)7(3)10(11)8(4)12-9/h6-10H,5H2,1-4H3/q-1/t6-,7-,8-,9+,10-/m0/s1. The van der Waals surface area contributed by atoms with E-state index in [1.54, 1.807) is 0 Å². The second kappa shape index (κ2) is 3.75. The van der Waals surface area contributed by atoms with E-state index in [-0.39, 0.29) is 12.0 Å². The van der Waals surface area contributed by atoms with Crippen LogP contribution in [0, 0.1) is 11.8 Å². The highest BCUT2D eigenvalue weighted by Gasteiger charge is 2.32. The lowest BCUT2D eigenvalue weighted by atomic mass is 9.81. The van der Waals surface area contributed by atoms with Crippen molar-refractivity contribution in [3.63, 3.8) is 0 Å². The zero-order chi connectivity index (χ0) is 9.30. The molecule has 1 rings (SSSR count). The van der Waals surface area contributed by atoms with Gasteiger partial charge in [0.05, 0.1) is 6.10 Å². The predicted molar refractivity (Wildman–Crippen MR) is 46.7 cm³/mol. The summed E-state index contributed by atoms with van der Waals surface area (Å²) in [5, 5.41) is 11.6. The molecule has 72 valence electrons. The average molecular weight is 171 g/mol. The van der Waals surface area contributed by atoms with E-state index in [9.17, 15) is 5.11 Å². The van der Waals surface area contributed by atoms with Crippen molar-refractivity contribution in [2.24, 2.45) is 11.8 Å². The van der Waals surface area contributed by atoms with Crippen LogP contribution in [0.15, 0.2) is 0 Å². The third-order valence-electron chi connectivity index (χ3n) is 3.19. The largest absolute Gasteiger partial charge is 0.850 e. The molecule has 0 bridgehead atoms. The molecule has 0 spiro atoms. The smallest absolute Gasteiger partial charge is 0.0603 e. The van der Waals surface area contributed by atoms with Gasteiger partial charge in [0.1, 0.15) is 0 Å². The molecule has 0 amide bonds. The van der Waals surface area contributed by atoms with E-state index in [1.807, 2.05) is 13.8 Å². The van der Waals surface area contributed by atoms with Crippen molar-refractivity contribution in [1.29, 1.82) is 0 Å². The molecule has 0 aromatic heterocycles. The van der Waals surface area contributed by atoms with Crippen molar-refractivity contribution in [3.05, 3.63) is 0 Å². The lowest BCUT2D eigenvalue weighted by molar-refractivity contribution is -0.466. The molecule has 0 aliphatic carbocycles. The van der Waals surface area contributed by atoms with E-state index >= 15 is 0 Å². The molecule has 5 atom stereocenters. The van der Waals surface area contributed by atoms with Crippen molar-refractivity contribution >= 4 is 0 Å². The maximum atomic E-state index is 11.6. The Morgan fingerprint density at radius 2 is 1.75 bits per heavy atom. The lowest BCUT2D eigenvalue weighted by Gasteiger charge is -2.47. The van der Waals surface area contributed by atoms with Gasteiger partial charge in [-0.3, -0.25) is 0 Å². The molecule has 0 aromatic rings. The highest BCUT2D eigenvalue weighted by atomic mass is 16.5. The fraction of sp³-hybridized carbons (Fsp3) is 1.00. The Morgan fingerprint density at radius 3 is 2.25 bits per heavy atom. The molecule has 1 aliphatic rings. The summed E-state index contributed by atoms with van der Waals surface area (Å²) in [4.78, 5) is 0. The summed E-state index contributed by atoms with van der Waals surface area (Å²) in [6.45, 7) is 8.17. The number of rotatable bonds is 1. The first kappa shape index (κ1) is 10.0. The van der Waals surface area contributed by atoms with E-state index in [0.717, 1.165) is 6.42 Å². The highest BCUT2D eigenvalue weighted by Crippen LogP contribution is 2.30. The van der Waals surface area contributed by atoms with Crippen LogP contribution in [0.5, 0.6) is 0 Å². The Labute approximate surface area is 74.9 Å². The topological polar surface area (TPSA) is 32.3 Å². The first-order valence-electron chi connectivity index (χ1n) is 4.89. The van der Waals surface area contributed by atoms with Gasteiger partial charge in [0.25, 0.3) is 0 Å². The van der Waals surface area contributed by atoms with Gasteiger partial charge < -0.3 is 9.84 Å². The van der Waals surface area contributed by atoms with E-state index in [0.29, 0.717) is 12.0 Å². The van der Waals surface area contributed by atoms with Gasteiger partial charge in [0.15, 0.2) is 0 Å². The van der Waals surface area contributed by atoms with Crippen LogP contribution >= 0.6 is 0 Å². The summed E-state index contributed by atoms with van der Waals surface area (Å²) in [6.07, 6.45) is 0.659. The van der Waals surface area contributed by atoms with Crippen LogP contribution in [0.25, 0.3) is 0 Å². The van der Waals surface area contributed by atoms with E-state index in [1.165, 1.54) is 0 Å². The molecular weight excluding hydrogens is 152 g/mol. The fourth-order valence-electron chi connectivity index (χ4n) is 2.01. The van der Waals surface area contributed by atoms with Crippen LogP contribution in [0.1, 0.15) is 34.1 Å². The van der Waals surface area contributed by atoms with Gasteiger partial charge in [-0.1, -0.05) is 26.9 Å². The van der Waals surface area contributed by atoms with Crippen LogP contribution in [-0.4, -0.2) is 18.3 Å². The monoisotopic (exact) mass is 171 g/mol. The van der Waals surface area contributed by atoms with E-state index in [4.69, 9.17) is 4.74 Å². The number of ether oxygens (including phenoxy) is 1. The SMILES string of the molecule is CC[C@H]1O[C@@H](C)[C@@H]([O-])[C@@H](C)[C@@H]1C. The zero-order valence-electron chi connectivity index (χ0n) is 8.41. The first-order chi connectivity index (χ1) is 5.57. The minimum Gasteiger partial charge on any atom is -0.850 e. The van der Waals surface area contributed by atoms with Crippen LogP contribution in [0.4, 0.5) is 0 Å². The summed E-state index contributed by atoms with van der Waals surface area (Å²) in [5.74, 6) is 0.660. The molecule has 0 N–H and O–H groups in total. The second-order valence-electron chi connectivity index (χ2n) is 3.97. The Kier molecular flexibility index (Phi) is 3.13. The van der Waals surface area contributed by atoms with Crippen LogP contribution in [0.3, 0.4) is 0 Å². The van der Waals surface area contributed by atoms with Gasteiger partial charge in [0, 0.05) is 6.10 Å². The molecular formula is C10H19O2-. The van der Waals surface area contributed by atoms with Crippen molar-refractivity contribution in [2.45, 2.75) is 52.4 Å². The van der Waals surface area contributed by atoms with Crippen molar-refractivity contribution in [3.8, 4) is 0 Å². The Balaban J connectivity index is 2.63. The molecule has 1 fully saturated rings. The van der Waals surface area contributed by atoms with Gasteiger partial charge >= 0.3 is 0 Å². The molecule has 0 unspecified atom stereocenters. The van der Waals surface area contributed by atoms with Gasteiger partial charge in [-0.25, -0.2) is 0 Å². The van der Waals surface area contributed by atoms with Gasteiger partial charge in [-0.15, -0.1) is 0 Å². The Bertz CT molecular complexity index is 142. The predicted octanol–water partition coefficient (Wildman–Crippen LogP) is 1.18. The molecule has 2 nitrogen and oxygen atoms in total. The highest BCUT2D eigenvalue weighted by molar-refractivity contribution is 4.84. The summed E-state index contributed by atoms with van der Waals surface area (Å²) in [6, 6.07) is 0. The minimum atomic E-state index is -0.539. The molecule has 12 heavy (non-hydrogen) atoms. The molecule has 1 aliphatic heterocycles. The van der Waals surface area contributed by atoms with Gasteiger partial charge in [-0.2, -0.15) is 0 Å². The van der Waals surface area contributed by atoms with Gasteiger partial charge in [-0.05, 0) is 25.2 Å². The number of hydrogen-bond acceptors (Lipinski definition) is 2. The molecule has 0 radical (unpaired) electrons. The molecule has 1 saturated heterocycles. The molecule has 1 heterocycles. The third-order valence-corrected chi connectivity index (χ3v) is 3.19. The minimum absolute atomic E-state index is 0.110. The zero-order valence-corrected chi connectivity index (χ0v) is 8.41. The average Bonchev–Trinajstić information content (AvgIpc) is 2.08. The molecule has 2 heteroatoms. The van der Waals surface area contributed by atoms with E-state index in [2.05, 4.69) is 13.8 Å². The molecule has 0 aromatic carbocycles. The summed E-state index contributed by atoms with van der Waals surface area (Å²) >= 11 is 0. The second-order valence-corrected chi connectivity index (χ2v) is 3.97. The van der Waals surface area contributed by atoms with Crippen LogP contribution < -0.4 is 5.11 Å². The lowest BCUT2D eigenvalue weighted by Crippen LogP contribution is -2.53. The summed E-state index contributed by atoms with van der Waals surface area (Å²) in [7, 11) is 0. The molecule has 0 saturated carbocycles. The van der Waals surface area contributed by atoms with Crippen molar-refractivity contribution in [2.75, 3.05) is 0 Å². The first-order valence-corrected chi connectivity index (χ1v) is 4.89. The number of hydrogen-bond donors (Lipinski definition) is 0. The quantitative estimate of drug-likeness (QED) is 0.593. The van der Waals surface area contributed by atoms with Crippen LogP contribution in [0.2, 0.25) is 0 Å². The Hall–Kier alpha value is -0.0800. The maximum Gasteiger partial charge on any atom is 0.0603 e. The van der Waals surface area contributed by atoms with Gasteiger partial charge in [0.2, 0.25) is 0 Å². The fourth-order valence-corrected chi connectivity index (χ4v) is 2.01. The third kappa shape index (κ3) is 1.64. The Morgan fingerprint density at radius 1 is 1.17 bits per heavy atom. The summed E-state index contributed by atoms with van der Waals surface area (Å²) < 4.78 is 5.62. The van der Waals surface area contributed by atoms with Crippen molar-refractivity contribution in [1.82, 2.24) is 0 Å².